The van der Waals surface area contributed by atoms with E-state index in [1.165, 1.54) is 14.2 Å². The fourth-order valence-electron chi connectivity index (χ4n) is 2.81. The zero-order chi connectivity index (χ0) is 15.7. The Balaban J connectivity index is 1.91. The van der Waals surface area contributed by atoms with E-state index in [-0.39, 0.29) is 13.4 Å². The third-order valence-corrected chi connectivity index (χ3v) is 3.92. The van der Waals surface area contributed by atoms with Gasteiger partial charge < -0.3 is 23.7 Å². The van der Waals surface area contributed by atoms with Gasteiger partial charge >= 0.3 is 11.9 Å². The molecule has 22 heavy (non-hydrogen) atoms. The van der Waals surface area contributed by atoms with Crippen molar-refractivity contribution in [1.29, 1.82) is 0 Å². The van der Waals surface area contributed by atoms with Crippen LogP contribution in [0.25, 0.3) is 0 Å². The fourth-order valence-corrected chi connectivity index (χ4v) is 2.81. The molecule has 3 rings (SSSR count). The van der Waals surface area contributed by atoms with Crippen LogP contribution in [0.1, 0.15) is 11.7 Å². The molecule has 7 heteroatoms. The summed E-state index contributed by atoms with van der Waals surface area (Å²) >= 11 is 0. The maximum atomic E-state index is 12.1. The van der Waals surface area contributed by atoms with Crippen LogP contribution in [0.15, 0.2) is 18.2 Å². The molecule has 0 unspecified atom stereocenters. The molecule has 0 amide bonds. The molecule has 0 N–H and O–H groups in total. The molecular weight excluding hydrogens is 292 g/mol. The van der Waals surface area contributed by atoms with Gasteiger partial charge in [-0.15, -0.1) is 0 Å². The minimum absolute atomic E-state index is 0.103. The van der Waals surface area contributed by atoms with Gasteiger partial charge in [0.05, 0.1) is 32.8 Å². The molecule has 1 aromatic carbocycles. The van der Waals surface area contributed by atoms with Crippen LogP contribution in [0, 0.1) is 11.8 Å². The van der Waals surface area contributed by atoms with Crippen molar-refractivity contribution in [2.45, 2.75) is 6.10 Å². The second-order valence-electron chi connectivity index (χ2n) is 5.05. The van der Waals surface area contributed by atoms with Gasteiger partial charge in [-0.2, -0.15) is 0 Å². The lowest BCUT2D eigenvalue weighted by Gasteiger charge is -2.19. The first-order chi connectivity index (χ1) is 10.7. The van der Waals surface area contributed by atoms with Crippen LogP contribution in [0.2, 0.25) is 0 Å². The van der Waals surface area contributed by atoms with Gasteiger partial charge in [0.25, 0.3) is 0 Å². The molecule has 1 fully saturated rings. The predicted molar refractivity (Wildman–Crippen MR) is 72.3 cm³/mol. The molecule has 3 atom stereocenters. The van der Waals surface area contributed by atoms with Crippen molar-refractivity contribution in [1.82, 2.24) is 0 Å². The Labute approximate surface area is 127 Å². The highest BCUT2D eigenvalue weighted by atomic mass is 16.7. The van der Waals surface area contributed by atoms with Gasteiger partial charge in [-0.05, 0) is 17.7 Å². The molecule has 0 spiro atoms. The van der Waals surface area contributed by atoms with Crippen LogP contribution in [0.4, 0.5) is 0 Å². The van der Waals surface area contributed by atoms with Gasteiger partial charge in [0.15, 0.2) is 11.5 Å². The number of hydrogen-bond donors (Lipinski definition) is 0. The molecule has 2 aliphatic rings. The SMILES string of the molecule is COC(=O)[C@H]1[C@@H](C(=O)OC)CO[C@H]1c1ccc2c(c1)OCO2. The van der Waals surface area contributed by atoms with E-state index in [9.17, 15) is 9.59 Å². The topological polar surface area (TPSA) is 80.3 Å². The minimum atomic E-state index is -0.752. The summed E-state index contributed by atoms with van der Waals surface area (Å²) in [5, 5.41) is 0. The summed E-state index contributed by atoms with van der Waals surface area (Å²) in [6.45, 7) is 0.265. The largest absolute Gasteiger partial charge is 0.469 e. The van der Waals surface area contributed by atoms with Crippen LogP contribution >= 0.6 is 0 Å². The minimum Gasteiger partial charge on any atom is -0.469 e. The van der Waals surface area contributed by atoms with Gasteiger partial charge in [0.2, 0.25) is 6.79 Å². The molecular formula is C15H16O7. The Bertz CT molecular complexity index is 598. The summed E-state index contributed by atoms with van der Waals surface area (Å²) in [5.74, 6) is -1.20. The Hall–Kier alpha value is -2.28. The number of hydrogen-bond acceptors (Lipinski definition) is 7. The second-order valence-corrected chi connectivity index (χ2v) is 5.05. The van der Waals surface area contributed by atoms with Crippen LogP contribution in [0.3, 0.4) is 0 Å². The summed E-state index contributed by atoms with van der Waals surface area (Å²) in [7, 11) is 2.57. The highest BCUT2D eigenvalue weighted by Gasteiger charge is 2.48. The maximum absolute atomic E-state index is 12.1. The average molecular weight is 308 g/mol. The Morgan fingerprint density at radius 2 is 1.82 bits per heavy atom. The van der Waals surface area contributed by atoms with Crippen LogP contribution < -0.4 is 9.47 Å². The lowest BCUT2D eigenvalue weighted by Crippen LogP contribution is -2.31. The standard InChI is InChI=1S/C15H16O7/c1-18-14(16)9-6-20-13(12(9)15(17)19-2)8-3-4-10-11(5-8)22-7-21-10/h3-5,9,12-13H,6-7H2,1-2H3/t9-,12-,13-/m0/s1. The van der Waals surface area contributed by atoms with Crippen molar-refractivity contribution < 1.29 is 33.3 Å². The summed E-state index contributed by atoms with van der Waals surface area (Å²) in [4.78, 5) is 24.0. The van der Waals surface area contributed by atoms with Crippen molar-refractivity contribution in [2.24, 2.45) is 11.8 Å². The first-order valence-corrected chi connectivity index (χ1v) is 6.82. The smallest absolute Gasteiger partial charge is 0.312 e. The van der Waals surface area contributed by atoms with Gasteiger partial charge in [-0.1, -0.05) is 6.07 Å². The molecule has 2 aliphatic heterocycles. The molecule has 1 saturated heterocycles. The van der Waals surface area contributed by atoms with E-state index in [1.54, 1.807) is 18.2 Å². The number of rotatable bonds is 3. The summed E-state index contributed by atoms with van der Waals surface area (Å²) < 4.78 is 25.8. The quantitative estimate of drug-likeness (QED) is 0.772. The monoisotopic (exact) mass is 308 g/mol. The van der Waals surface area contributed by atoms with Crippen molar-refractivity contribution in [3.8, 4) is 11.5 Å². The van der Waals surface area contributed by atoms with E-state index in [0.29, 0.717) is 11.5 Å². The number of ether oxygens (including phenoxy) is 5. The fraction of sp³-hybridized carbons (Fsp3) is 0.467. The van der Waals surface area contributed by atoms with E-state index >= 15 is 0 Å². The molecule has 0 bridgehead atoms. The Morgan fingerprint density at radius 3 is 2.55 bits per heavy atom. The van der Waals surface area contributed by atoms with Gasteiger partial charge in [0, 0.05) is 0 Å². The highest BCUT2D eigenvalue weighted by Crippen LogP contribution is 2.43. The van der Waals surface area contributed by atoms with Gasteiger partial charge in [0.1, 0.15) is 5.92 Å². The molecule has 0 aromatic heterocycles. The Kier molecular flexibility index (Phi) is 3.89. The maximum Gasteiger partial charge on any atom is 0.312 e. The summed E-state index contributed by atoms with van der Waals surface area (Å²) in [6.07, 6.45) is -0.592. The third-order valence-electron chi connectivity index (χ3n) is 3.92. The van der Waals surface area contributed by atoms with Crippen molar-refractivity contribution in [2.75, 3.05) is 27.6 Å². The van der Waals surface area contributed by atoms with Crippen LogP contribution in [0.5, 0.6) is 11.5 Å². The number of esters is 2. The molecule has 1 aromatic rings. The number of fused-ring (bicyclic) bond motifs is 1. The number of carbonyl (C=O) groups is 2. The summed E-state index contributed by atoms with van der Waals surface area (Å²) in [6, 6.07) is 5.29. The summed E-state index contributed by atoms with van der Waals surface area (Å²) in [5.41, 5.74) is 0.728. The van der Waals surface area contributed by atoms with E-state index in [4.69, 9.17) is 23.7 Å². The molecule has 118 valence electrons. The van der Waals surface area contributed by atoms with Crippen LogP contribution in [-0.2, 0) is 23.8 Å². The zero-order valence-corrected chi connectivity index (χ0v) is 12.2. The van der Waals surface area contributed by atoms with E-state index in [0.717, 1.165) is 5.56 Å². The van der Waals surface area contributed by atoms with E-state index in [1.807, 2.05) is 0 Å². The van der Waals surface area contributed by atoms with Gasteiger partial charge in [-0.25, -0.2) is 0 Å². The molecule has 0 saturated carbocycles. The first-order valence-electron chi connectivity index (χ1n) is 6.82. The number of methoxy groups -OCH3 is 2. The van der Waals surface area contributed by atoms with Crippen molar-refractivity contribution in [3.05, 3.63) is 23.8 Å². The number of carbonyl (C=O) groups excluding carboxylic acids is 2. The lowest BCUT2D eigenvalue weighted by molar-refractivity contribution is -0.156. The predicted octanol–water partition coefficient (Wildman–Crippen LogP) is 1.06. The van der Waals surface area contributed by atoms with E-state index < -0.39 is 29.9 Å². The number of benzene rings is 1. The first kappa shape index (κ1) is 14.6. The second kappa shape index (κ2) is 5.84. The van der Waals surface area contributed by atoms with Crippen molar-refractivity contribution in [3.63, 3.8) is 0 Å². The normalized spacial score (nSPS) is 25.8. The average Bonchev–Trinajstić information content (AvgIpc) is 3.18. The van der Waals surface area contributed by atoms with Crippen LogP contribution in [-0.4, -0.2) is 39.6 Å². The lowest BCUT2D eigenvalue weighted by atomic mass is 9.87. The van der Waals surface area contributed by atoms with Crippen molar-refractivity contribution >= 4 is 11.9 Å². The van der Waals surface area contributed by atoms with E-state index in [2.05, 4.69) is 0 Å². The molecule has 2 heterocycles. The molecule has 7 nitrogen and oxygen atoms in total. The molecule has 0 radical (unpaired) electrons. The molecule has 0 aliphatic carbocycles. The Morgan fingerprint density at radius 1 is 1.09 bits per heavy atom. The third kappa shape index (κ3) is 2.37. The zero-order valence-electron chi connectivity index (χ0n) is 12.2. The van der Waals surface area contributed by atoms with Gasteiger partial charge in [-0.3, -0.25) is 9.59 Å². The highest BCUT2D eigenvalue weighted by molar-refractivity contribution is 5.83.